The number of piperazine rings is 1. The minimum Gasteiger partial charge on any atom is -0.320 e. The molecule has 32 heavy (non-hydrogen) atoms. The number of urea groups is 2. The van der Waals surface area contributed by atoms with Crippen molar-refractivity contribution in [3.63, 3.8) is 0 Å². The first kappa shape index (κ1) is 21.0. The molecule has 5 amide bonds. The molecule has 5 rings (SSSR count). The molecule has 0 aromatic heterocycles. The van der Waals surface area contributed by atoms with E-state index in [1.165, 1.54) is 14.7 Å². The fourth-order valence-corrected chi connectivity index (χ4v) is 5.03. The Morgan fingerprint density at radius 2 is 1.75 bits per heavy atom. The Hall–Kier alpha value is -2.84. The number of rotatable bonds is 3. The van der Waals surface area contributed by atoms with Gasteiger partial charge >= 0.3 is 12.1 Å². The first-order valence-electron chi connectivity index (χ1n) is 10.2. The second-order valence-corrected chi connectivity index (χ2v) is 8.96. The molecule has 2 aromatic carbocycles. The third-order valence-corrected chi connectivity index (χ3v) is 6.79. The Morgan fingerprint density at radius 3 is 2.44 bits per heavy atom. The van der Waals surface area contributed by atoms with Crippen LogP contribution in [0.25, 0.3) is 0 Å². The molecule has 2 heterocycles. The van der Waals surface area contributed by atoms with Crippen LogP contribution >= 0.6 is 23.2 Å². The van der Waals surface area contributed by atoms with Gasteiger partial charge in [0.15, 0.2) is 0 Å². The first-order chi connectivity index (χ1) is 15.3. The summed E-state index contributed by atoms with van der Waals surface area (Å²) in [7, 11) is 0. The minimum absolute atomic E-state index is 0.0269. The maximum Gasteiger partial charge on any atom is 0.327 e. The molecule has 3 fully saturated rings. The van der Waals surface area contributed by atoms with Crippen LogP contribution in [-0.4, -0.2) is 64.4 Å². The van der Waals surface area contributed by atoms with Crippen LogP contribution in [0.3, 0.4) is 0 Å². The Morgan fingerprint density at radius 1 is 1.06 bits per heavy atom. The van der Waals surface area contributed by atoms with Crippen LogP contribution in [0.15, 0.2) is 42.5 Å². The molecule has 166 valence electrons. The summed E-state index contributed by atoms with van der Waals surface area (Å²) in [4.78, 5) is 43.1. The number of fused-ring (bicyclic) bond motifs is 1. The van der Waals surface area contributed by atoms with Gasteiger partial charge in [-0.25, -0.2) is 14.0 Å². The van der Waals surface area contributed by atoms with Crippen molar-refractivity contribution in [3.8, 4) is 0 Å². The fourth-order valence-electron chi connectivity index (χ4n) is 4.48. The second-order valence-electron chi connectivity index (χ2n) is 8.14. The second kappa shape index (κ2) is 7.94. The SMILES string of the molecule is O=C(Nc1c(Cl)cc(F)cc1Cl)N1CCN2C(=O)N([C@H]3C[C@@H]3c3ccccc3)C(=O)C2C1. The maximum absolute atomic E-state index is 13.4. The predicted molar refractivity (Wildman–Crippen MR) is 117 cm³/mol. The van der Waals surface area contributed by atoms with Gasteiger partial charge < -0.3 is 15.1 Å². The number of nitrogens with zero attached hydrogens (tertiary/aromatic N) is 3. The summed E-state index contributed by atoms with van der Waals surface area (Å²) in [6, 6.07) is 10.2. The van der Waals surface area contributed by atoms with E-state index in [0.29, 0.717) is 0 Å². The molecule has 1 N–H and O–H groups in total. The standard InChI is InChI=1S/C22H19Cl2FN4O3/c23-15-8-13(25)9-16(24)19(15)26-21(31)27-6-7-28-18(11-27)20(30)29(22(28)32)17-10-14(17)12-4-2-1-3-5-12/h1-5,8-9,14,17-18H,6-7,10-11H2,(H,26,31)/t14-,17+,18?/m1/s1. The summed E-state index contributed by atoms with van der Waals surface area (Å²) in [6.07, 6.45) is 0.744. The number of benzene rings is 2. The number of halogens is 3. The molecule has 0 bridgehead atoms. The lowest BCUT2D eigenvalue weighted by molar-refractivity contribution is -0.129. The Kier molecular flexibility index (Phi) is 5.22. The molecular weight excluding hydrogens is 458 g/mol. The number of anilines is 1. The maximum atomic E-state index is 13.4. The predicted octanol–water partition coefficient (Wildman–Crippen LogP) is 4.17. The van der Waals surface area contributed by atoms with Crippen molar-refractivity contribution in [2.75, 3.05) is 25.0 Å². The normalized spacial score (nSPS) is 24.6. The van der Waals surface area contributed by atoms with Crippen LogP contribution < -0.4 is 5.32 Å². The van der Waals surface area contributed by atoms with E-state index >= 15 is 0 Å². The van der Waals surface area contributed by atoms with E-state index in [1.807, 2.05) is 30.3 Å². The van der Waals surface area contributed by atoms with Crippen LogP contribution in [0.2, 0.25) is 10.0 Å². The van der Waals surface area contributed by atoms with E-state index in [4.69, 9.17) is 23.2 Å². The van der Waals surface area contributed by atoms with Crippen LogP contribution in [-0.2, 0) is 4.79 Å². The number of hydrogen-bond donors (Lipinski definition) is 1. The lowest BCUT2D eigenvalue weighted by atomic mass is 10.1. The van der Waals surface area contributed by atoms with Gasteiger partial charge in [0.1, 0.15) is 11.9 Å². The summed E-state index contributed by atoms with van der Waals surface area (Å²) < 4.78 is 13.4. The molecule has 10 heteroatoms. The van der Waals surface area contributed by atoms with E-state index in [9.17, 15) is 18.8 Å². The van der Waals surface area contributed by atoms with Crippen molar-refractivity contribution in [1.29, 1.82) is 0 Å². The highest BCUT2D eigenvalue weighted by atomic mass is 35.5. The van der Waals surface area contributed by atoms with Crippen LogP contribution in [0.4, 0.5) is 19.7 Å². The van der Waals surface area contributed by atoms with Gasteiger partial charge in [-0.2, -0.15) is 0 Å². The number of imide groups is 1. The van der Waals surface area contributed by atoms with Crippen LogP contribution in [0, 0.1) is 5.82 Å². The third-order valence-electron chi connectivity index (χ3n) is 6.20. The summed E-state index contributed by atoms with van der Waals surface area (Å²) in [5.41, 5.74) is 1.21. The zero-order chi connectivity index (χ0) is 22.6. The highest BCUT2D eigenvalue weighted by molar-refractivity contribution is 6.39. The van der Waals surface area contributed by atoms with E-state index < -0.39 is 17.9 Å². The van der Waals surface area contributed by atoms with Crippen molar-refractivity contribution in [2.24, 2.45) is 0 Å². The quantitative estimate of drug-likeness (QED) is 0.675. The number of amides is 5. The van der Waals surface area contributed by atoms with Crippen LogP contribution in [0.5, 0.6) is 0 Å². The minimum atomic E-state index is -0.724. The molecule has 0 spiro atoms. The van der Waals surface area contributed by atoms with Gasteiger partial charge in [-0.3, -0.25) is 9.69 Å². The zero-order valence-electron chi connectivity index (χ0n) is 16.8. The van der Waals surface area contributed by atoms with E-state index in [-0.39, 0.29) is 59.3 Å². The van der Waals surface area contributed by atoms with E-state index in [2.05, 4.69) is 5.32 Å². The molecule has 3 atom stereocenters. The molecular formula is C22H19Cl2FN4O3. The summed E-state index contributed by atoms with van der Waals surface area (Å²) in [5, 5.41) is 2.53. The van der Waals surface area contributed by atoms with Gasteiger partial charge in [0.05, 0.1) is 22.3 Å². The lowest BCUT2D eigenvalue weighted by Crippen LogP contribution is -2.55. The number of carbonyl (C=O) groups is 3. The highest BCUT2D eigenvalue weighted by Crippen LogP contribution is 2.47. The van der Waals surface area contributed by atoms with Gasteiger partial charge in [0.2, 0.25) is 0 Å². The largest absolute Gasteiger partial charge is 0.327 e. The molecule has 1 aliphatic carbocycles. The highest BCUT2D eigenvalue weighted by Gasteiger charge is 2.56. The molecule has 1 saturated carbocycles. The van der Waals surface area contributed by atoms with E-state index in [1.54, 1.807) is 0 Å². The smallest absolute Gasteiger partial charge is 0.320 e. The van der Waals surface area contributed by atoms with Crippen molar-refractivity contribution in [2.45, 2.75) is 24.4 Å². The van der Waals surface area contributed by atoms with Crippen molar-refractivity contribution >= 4 is 46.9 Å². The lowest BCUT2D eigenvalue weighted by Gasteiger charge is -2.35. The molecule has 2 saturated heterocycles. The molecule has 0 radical (unpaired) electrons. The third kappa shape index (κ3) is 3.57. The Balaban J connectivity index is 1.28. The monoisotopic (exact) mass is 476 g/mol. The van der Waals surface area contributed by atoms with Crippen LogP contribution in [0.1, 0.15) is 17.9 Å². The molecule has 2 aliphatic heterocycles. The van der Waals surface area contributed by atoms with Gasteiger partial charge in [0, 0.05) is 25.0 Å². The van der Waals surface area contributed by atoms with Crippen molar-refractivity contribution < 1.29 is 18.8 Å². The van der Waals surface area contributed by atoms with Crippen molar-refractivity contribution in [1.82, 2.24) is 14.7 Å². The van der Waals surface area contributed by atoms with Gasteiger partial charge in [-0.15, -0.1) is 0 Å². The van der Waals surface area contributed by atoms with E-state index in [0.717, 1.165) is 24.1 Å². The van der Waals surface area contributed by atoms with Gasteiger partial charge in [-0.05, 0) is 24.1 Å². The average Bonchev–Trinajstić information content (AvgIpc) is 3.52. The fraction of sp³-hybridized carbons (Fsp3) is 0.318. The molecule has 2 aromatic rings. The number of carbonyl (C=O) groups excluding carboxylic acids is 3. The number of hydrogen-bond acceptors (Lipinski definition) is 3. The van der Waals surface area contributed by atoms with Gasteiger partial charge in [-0.1, -0.05) is 53.5 Å². The molecule has 1 unspecified atom stereocenters. The van der Waals surface area contributed by atoms with Crippen molar-refractivity contribution in [3.05, 3.63) is 63.9 Å². The Bertz CT molecular complexity index is 1090. The molecule has 7 nitrogen and oxygen atoms in total. The topological polar surface area (TPSA) is 73.0 Å². The summed E-state index contributed by atoms with van der Waals surface area (Å²) in [6.45, 7) is 0.553. The number of nitrogens with one attached hydrogen (secondary N) is 1. The first-order valence-corrected chi connectivity index (χ1v) is 11.0. The Labute approximate surface area is 193 Å². The molecule has 3 aliphatic rings. The summed E-state index contributed by atoms with van der Waals surface area (Å²) in [5.74, 6) is -0.753. The summed E-state index contributed by atoms with van der Waals surface area (Å²) >= 11 is 12.0. The average molecular weight is 477 g/mol. The van der Waals surface area contributed by atoms with Gasteiger partial charge in [0.25, 0.3) is 5.91 Å². The zero-order valence-corrected chi connectivity index (χ0v) is 18.3.